The Hall–Kier alpha value is -2.58. The SMILES string of the molecule is O=CC#Cc1ccc(OS(=O)(=O)c2ccccc2)cc1. The molecule has 100 valence electrons. The number of hydrogen-bond donors (Lipinski definition) is 0. The average Bonchev–Trinajstić information content (AvgIpc) is 2.47. The van der Waals surface area contributed by atoms with E-state index in [1.54, 1.807) is 30.3 Å². The predicted octanol–water partition coefficient (Wildman–Crippen LogP) is 2.00. The molecule has 0 atom stereocenters. The standard InChI is InChI=1S/C15H10O4S/c16-12-4-5-13-8-10-14(11-9-13)19-20(17,18)15-6-2-1-3-7-15/h1-3,6-12H. The van der Waals surface area contributed by atoms with Crippen molar-refractivity contribution in [3.8, 4) is 17.6 Å². The Labute approximate surface area is 117 Å². The van der Waals surface area contributed by atoms with Gasteiger partial charge in [0.2, 0.25) is 0 Å². The largest absolute Gasteiger partial charge is 0.379 e. The summed E-state index contributed by atoms with van der Waals surface area (Å²) in [4.78, 5) is 10.2. The highest BCUT2D eigenvalue weighted by Gasteiger charge is 2.15. The van der Waals surface area contributed by atoms with E-state index in [0.29, 0.717) is 11.8 Å². The molecule has 0 saturated heterocycles. The molecule has 0 aliphatic heterocycles. The van der Waals surface area contributed by atoms with Gasteiger partial charge in [0, 0.05) is 5.56 Å². The van der Waals surface area contributed by atoms with E-state index in [2.05, 4.69) is 11.8 Å². The molecule has 20 heavy (non-hydrogen) atoms. The summed E-state index contributed by atoms with van der Waals surface area (Å²) in [5.74, 6) is 5.05. The molecule has 0 amide bonds. The lowest BCUT2D eigenvalue weighted by Crippen LogP contribution is -2.09. The molecule has 0 aromatic heterocycles. The normalized spacial score (nSPS) is 10.2. The van der Waals surface area contributed by atoms with Crippen LogP contribution >= 0.6 is 0 Å². The van der Waals surface area contributed by atoms with E-state index in [-0.39, 0.29) is 10.6 Å². The van der Waals surface area contributed by atoms with Crippen LogP contribution in [0.1, 0.15) is 5.56 Å². The van der Waals surface area contributed by atoms with Crippen molar-refractivity contribution in [3.63, 3.8) is 0 Å². The van der Waals surface area contributed by atoms with Gasteiger partial charge in [0.1, 0.15) is 10.6 Å². The first-order chi connectivity index (χ1) is 9.62. The zero-order valence-corrected chi connectivity index (χ0v) is 11.1. The molecular formula is C15H10O4S. The van der Waals surface area contributed by atoms with Gasteiger partial charge >= 0.3 is 10.1 Å². The van der Waals surface area contributed by atoms with Gasteiger partial charge in [0.15, 0.2) is 6.29 Å². The average molecular weight is 286 g/mol. The van der Waals surface area contributed by atoms with Crippen molar-refractivity contribution in [2.75, 3.05) is 0 Å². The fourth-order valence-electron chi connectivity index (χ4n) is 1.47. The van der Waals surface area contributed by atoms with Crippen LogP contribution in [0.5, 0.6) is 5.75 Å². The minimum Gasteiger partial charge on any atom is -0.379 e. The first-order valence-corrected chi connectivity index (χ1v) is 7.07. The highest BCUT2D eigenvalue weighted by molar-refractivity contribution is 7.87. The monoisotopic (exact) mass is 286 g/mol. The van der Waals surface area contributed by atoms with E-state index in [1.807, 2.05) is 0 Å². The lowest BCUT2D eigenvalue weighted by molar-refractivity contribution is -0.103. The summed E-state index contributed by atoms with van der Waals surface area (Å²) in [7, 11) is -3.84. The van der Waals surface area contributed by atoms with Gasteiger partial charge in [-0.3, -0.25) is 4.79 Å². The maximum Gasteiger partial charge on any atom is 0.339 e. The summed E-state index contributed by atoms with van der Waals surface area (Å²) in [5, 5.41) is 0. The second-order valence-corrected chi connectivity index (χ2v) is 5.31. The van der Waals surface area contributed by atoms with Crippen LogP contribution in [0.4, 0.5) is 0 Å². The Kier molecular flexibility index (Phi) is 4.18. The Balaban J connectivity index is 2.20. The molecule has 0 heterocycles. The van der Waals surface area contributed by atoms with Gasteiger partial charge in [-0.05, 0) is 42.3 Å². The molecule has 5 heteroatoms. The number of carbonyl (C=O) groups is 1. The molecule has 0 radical (unpaired) electrons. The number of rotatable bonds is 3. The lowest BCUT2D eigenvalue weighted by atomic mass is 10.2. The van der Waals surface area contributed by atoms with E-state index in [9.17, 15) is 13.2 Å². The Bertz CT molecular complexity index is 751. The Morgan fingerprint density at radius 3 is 2.20 bits per heavy atom. The van der Waals surface area contributed by atoms with Crippen LogP contribution in [-0.4, -0.2) is 14.7 Å². The highest BCUT2D eigenvalue weighted by atomic mass is 32.2. The highest BCUT2D eigenvalue weighted by Crippen LogP contribution is 2.18. The molecule has 0 unspecified atom stereocenters. The molecular weight excluding hydrogens is 276 g/mol. The molecule has 0 bridgehead atoms. The van der Waals surface area contributed by atoms with E-state index in [4.69, 9.17) is 4.18 Å². The number of aldehydes is 1. The van der Waals surface area contributed by atoms with Crippen molar-refractivity contribution in [2.45, 2.75) is 4.90 Å². The zero-order chi connectivity index (χ0) is 14.4. The van der Waals surface area contributed by atoms with Gasteiger partial charge in [0.05, 0.1) is 0 Å². The van der Waals surface area contributed by atoms with Crippen LogP contribution in [0.15, 0.2) is 59.5 Å². The summed E-state index contributed by atoms with van der Waals surface area (Å²) in [5.41, 5.74) is 0.599. The van der Waals surface area contributed by atoms with Crippen LogP contribution < -0.4 is 4.18 Å². The van der Waals surface area contributed by atoms with Gasteiger partial charge in [-0.25, -0.2) is 0 Å². The van der Waals surface area contributed by atoms with Gasteiger partial charge in [0.25, 0.3) is 0 Å². The molecule has 0 spiro atoms. The van der Waals surface area contributed by atoms with Gasteiger partial charge < -0.3 is 4.18 Å². The van der Waals surface area contributed by atoms with Gasteiger partial charge in [-0.15, -0.1) is 0 Å². The summed E-state index contributed by atoms with van der Waals surface area (Å²) < 4.78 is 28.9. The molecule has 2 aromatic rings. The van der Waals surface area contributed by atoms with E-state index in [1.165, 1.54) is 24.3 Å². The summed E-state index contributed by atoms with van der Waals surface area (Å²) in [6.07, 6.45) is 0.490. The van der Waals surface area contributed by atoms with E-state index < -0.39 is 10.1 Å². The number of carbonyl (C=O) groups excluding carboxylic acids is 1. The topological polar surface area (TPSA) is 60.4 Å². The second-order valence-electron chi connectivity index (χ2n) is 3.76. The van der Waals surface area contributed by atoms with Crippen LogP contribution in [0.2, 0.25) is 0 Å². The van der Waals surface area contributed by atoms with Crippen molar-refractivity contribution in [1.29, 1.82) is 0 Å². The molecule has 0 N–H and O–H groups in total. The molecule has 0 fully saturated rings. The van der Waals surface area contributed by atoms with Crippen molar-refractivity contribution in [2.24, 2.45) is 0 Å². The predicted molar refractivity (Wildman–Crippen MR) is 73.6 cm³/mol. The number of hydrogen-bond acceptors (Lipinski definition) is 4. The Morgan fingerprint density at radius 1 is 0.950 bits per heavy atom. The third kappa shape index (κ3) is 3.46. The molecule has 0 aliphatic carbocycles. The summed E-state index contributed by atoms with van der Waals surface area (Å²) in [6.45, 7) is 0. The number of benzene rings is 2. The van der Waals surface area contributed by atoms with Gasteiger partial charge in [-0.1, -0.05) is 24.1 Å². The molecule has 0 saturated carbocycles. The van der Waals surface area contributed by atoms with Crippen LogP contribution in [0.3, 0.4) is 0 Å². The van der Waals surface area contributed by atoms with Crippen LogP contribution in [0.25, 0.3) is 0 Å². The van der Waals surface area contributed by atoms with Crippen LogP contribution in [0, 0.1) is 11.8 Å². The third-order valence-electron chi connectivity index (χ3n) is 2.37. The van der Waals surface area contributed by atoms with Crippen molar-refractivity contribution in [3.05, 3.63) is 60.2 Å². The fourth-order valence-corrected chi connectivity index (χ4v) is 2.42. The summed E-state index contributed by atoms with van der Waals surface area (Å²) in [6, 6.07) is 14.0. The van der Waals surface area contributed by atoms with Crippen molar-refractivity contribution >= 4 is 16.4 Å². The van der Waals surface area contributed by atoms with E-state index >= 15 is 0 Å². The first kappa shape index (κ1) is 13.8. The quantitative estimate of drug-likeness (QED) is 0.492. The van der Waals surface area contributed by atoms with Crippen molar-refractivity contribution in [1.82, 2.24) is 0 Å². The fraction of sp³-hybridized carbons (Fsp3) is 0. The minimum absolute atomic E-state index is 0.0878. The summed E-state index contributed by atoms with van der Waals surface area (Å²) >= 11 is 0. The zero-order valence-electron chi connectivity index (χ0n) is 10.3. The van der Waals surface area contributed by atoms with E-state index in [0.717, 1.165) is 0 Å². The molecule has 2 rings (SSSR count). The van der Waals surface area contributed by atoms with Crippen molar-refractivity contribution < 1.29 is 17.4 Å². The molecule has 0 aliphatic rings. The maximum atomic E-state index is 12.0. The maximum absolute atomic E-state index is 12.0. The first-order valence-electron chi connectivity index (χ1n) is 5.66. The lowest BCUT2D eigenvalue weighted by Gasteiger charge is -2.06. The third-order valence-corrected chi connectivity index (χ3v) is 3.63. The molecule has 4 nitrogen and oxygen atoms in total. The Morgan fingerprint density at radius 2 is 1.60 bits per heavy atom. The van der Waals surface area contributed by atoms with Crippen LogP contribution in [-0.2, 0) is 14.9 Å². The smallest absolute Gasteiger partial charge is 0.339 e. The van der Waals surface area contributed by atoms with Gasteiger partial charge in [-0.2, -0.15) is 8.42 Å². The minimum atomic E-state index is -3.84. The second kappa shape index (κ2) is 6.04. The molecule has 2 aromatic carbocycles.